The van der Waals surface area contributed by atoms with E-state index in [2.05, 4.69) is 25.9 Å². The number of pyridine rings is 2. The molecule has 0 atom stereocenters. The lowest BCUT2D eigenvalue weighted by molar-refractivity contribution is -0.127. The Balaban J connectivity index is 1.94. The predicted octanol–water partition coefficient (Wildman–Crippen LogP) is 2.46. The van der Waals surface area contributed by atoms with Gasteiger partial charge in [-0.25, -0.2) is 14.8 Å². The molecule has 0 unspecified atom stereocenters. The van der Waals surface area contributed by atoms with Crippen LogP contribution in [-0.4, -0.2) is 53.4 Å². The molecule has 2 rings (SSSR count). The van der Waals surface area contributed by atoms with Crippen LogP contribution < -0.4 is 20.7 Å². The Labute approximate surface area is 175 Å². The van der Waals surface area contributed by atoms with Gasteiger partial charge in [0.2, 0.25) is 11.8 Å². The molecule has 0 radical (unpaired) electrons. The summed E-state index contributed by atoms with van der Waals surface area (Å²) in [6.07, 6.45) is 2.94. The summed E-state index contributed by atoms with van der Waals surface area (Å²) in [5.74, 6) is 0.916. The lowest BCUT2D eigenvalue weighted by atomic mass is 9.96. The third-order valence-electron chi connectivity index (χ3n) is 3.58. The van der Waals surface area contributed by atoms with Gasteiger partial charge in [0.1, 0.15) is 23.1 Å². The molecule has 0 spiro atoms. The lowest BCUT2D eigenvalue weighted by Crippen LogP contribution is -2.41. The van der Waals surface area contributed by atoms with Crippen LogP contribution in [0.2, 0.25) is 0 Å². The highest BCUT2D eigenvalue weighted by Crippen LogP contribution is 2.23. The van der Waals surface area contributed by atoms with E-state index >= 15 is 0 Å². The average Bonchev–Trinajstić information content (AvgIpc) is 2.62. The van der Waals surface area contributed by atoms with Gasteiger partial charge in [0.25, 0.3) is 0 Å². The number of nitrogens with one attached hydrogen (secondary N) is 3. The fourth-order valence-corrected chi connectivity index (χ4v) is 2.10. The zero-order valence-corrected chi connectivity index (χ0v) is 17.6. The van der Waals surface area contributed by atoms with Crippen molar-refractivity contribution >= 4 is 29.5 Å². The number of likely N-dealkylation sites (N-methyl/N-ethyl adjacent to an activating group) is 1. The zero-order chi connectivity index (χ0) is 22.3. The van der Waals surface area contributed by atoms with Crippen molar-refractivity contribution in [1.29, 1.82) is 0 Å². The zero-order valence-electron chi connectivity index (χ0n) is 17.6. The van der Waals surface area contributed by atoms with Gasteiger partial charge in [-0.3, -0.25) is 20.2 Å². The van der Waals surface area contributed by atoms with Crippen LogP contribution >= 0.6 is 0 Å². The summed E-state index contributed by atoms with van der Waals surface area (Å²) in [6, 6.07) is 5.71. The van der Waals surface area contributed by atoms with E-state index in [1.807, 2.05) is 0 Å². The minimum Gasteiger partial charge on any atom is -0.456 e. The lowest BCUT2D eigenvalue weighted by Gasteiger charge is -2.16. The van der Waals surface area contributed by atoms with Crippen molar-refractivity contribution in [3.05, 3.63) is 36.7 Å². The molecule has 160 valence electrons. The molecule has 3 N–H and O–H groups in total. The largest absolute Gasteiger partial charge is 0.456 e. The van der Waals surface area contributed by atoms with Gasteiger partial charge in [0, 0.05) is 17.7 Å². The summed E-state index contributed by atoms with van der Waals surface area (Å²) in [6.45, 7) is 5.36. The quantitative estimate of drug-likeness (QED) is 0.663. The molecule has 0 saturated carbocycles. The highest BCUT2D eigenvalue weighted by atomic mass is 16.5. The maximum absolute atomic E-state index is 11.9. The fraction of sp³-hybridized carbons (Fsp3) is 0.350. The second-order valence-corrected chi connectivity index (χ2v) is 7.80. The van der Waals surface area contributed by atoms with Crippen LogP contribution in [0.3, 0.4) is 0 Å². The van der Waals surface area contributed by atoms with Gasteiger partial charge < -0.3 is 15.0 Å². The summed E-state index contributed by atoms with van der Waals surface area (Å²) in [5.41, 5.74) is -0.683. The molecule has 2 heterocycles. The third-order valence-corrected chi connectivity index (χ3v) is 3.58. The molecule has 2 aromatic heterocycles. The normalized spacial score (nSPS) is 11.0. The topological polar surface area (TPSA) is 126 Å². The van der Waals surface area contributed by atoms with E-state index < -0.39 is 17.4 Å². The van der Waals surface area contributed by atoms with Crippen LogP contribution in [0.1, 0.15) is 20.8 Å². The fourth-order valence-electron chi connectivity index (χ4n) is 2.10. The van der Waals surface area contributed by atoms with Gasteiger partial charge in [0.05, 0.1) is 12.7 Å². The van der Waals surface area contributed by atoms with Crippen molar-refractivity contribution in [3.63, 3.8) is 0 Å². The van der Waals surface area contributed by atoms with E-state index in [-0.39, 0.29) is 18.3 Å². The number of amides is 4. The molecule has 0 aromatic carbocycles. The van der Waals surface area contributed by atoms with Crippen LogP contribution in [0.25, 0.3) is 0 Å². The standard InChI is InChI=1S/C20H26N6O4/c1-20(2,3)18(28)25-19(29)24-15-7-6-14(11-22-15)30-13-8-9-21-16(10-13)23-17(27)12-26(4)5/h6-11H,12H2,1-5H3,(H,21,23,27)(H2,22,24,25,28,29). The Morgan fingerprint density at radius 3 is 2.33 bits per heavy atom. The van der Waals surface area contributed by atoms with E-state index in [4.69, 9.17) is 4.74 Å². The van der Waals surface area contributed by atoms with Crippen LogP contribution in [0, 0.1) is 5.41 Å². The smallest absolute Gasteiger partial charge is 0.327 e. The molecule has 2 aromatic rings. The molecule has 0 aliphatic heterocycles. The first-order valence-corrected chi connectivity index (χ1v) is 9.20. The van der Waals surface area contributed by atoms with Crippen molar-refractivity contribution in [3.8, 4) is 11.5 Å². The van der Waals surface area contributed by atoms with Gasteiger partial charge in [-0.05, 0) is 32.3 Å². The maximum Gasteiger partial charge on any atom is 0.327 e. The molecular formula is C20H26N6O4. The van der Waals surface area contributed by atoms with Gasteiger partial charge in [-0.2, -0.15) is 0 Å². The number of carbonyl (C=O) groups excluding carboxylic acids is 3. The van der Waals surface area contributed by atoms with E-state index in [1.165, 1.54) is 18.5 Å². The number of aromatic nitrogens is 2. The summed E-state index contributed by atoms with van der Waals surface area (Å²) in [7, 11) is 3.59. The highest BCUT2D eigenvalue weighted by Gasteiger charge is 2.23. The van der Waals surface area contributed by atoms with Crippen molar-refractivity contribution in [1.82, 2.24) is 20.2 Å². The number of hydrogen-bond acceptors (Lipinski definition) is 7. The predicted molar refractivity (Wildman–Crippen MR) is 112 cm³/mol. The Bertz CT molecular complexity index is 906. The molecule has 10 nitrogen and oxygen atoms in total. The first-order valence-electron chi connectivity index (χ1n) is 9.20. The Hall–Kier alpha value is -3.53. The SMILES string of the molecule is CN(C)CC(=O)Nc1cc(Oc2ccc(NC(=O)NC(=O)C(C)(C)C)nc2)ccn1. The van der Waals surface area contributed by atoms with Crippen LogP contribution in [0.4, 0.5) is 16.4 Å². The molecule has 10 heteroatoms. The average molecular weight is 414 g/mol. The van der Waals surface area contributed by atoms with Crippen molar-refractivity contribution < 1.29 is 19.1 Å². The van der Waals surface area contributed by atoms with E-state index in [0.29, 0.717) is 17.3 Å². The second-order valence-electron chi connectivity index (χ2n) is 7.80. The first kappa shape index (κ1) is 22.8. The molecule has 30 heavy (non-hydrogen) atoms. The van der Waals surface area contributed by atoms with Gasteiger partial charge in [0.15, 0.2) is 0 Å². The molecular weight excluding hydrogens is 388 g/mol. The van der Waals surface area contributed by atoms with E-state index in [0.717, 1.165) is 0 Å². The Morgan fingerprint density at radius 2 is 1.73 bits per heavy atom. The first-order chi connectivity index (χ1) is 14.0. The van der Waals surface area contributed by atoms with Crippen LogP contribution in [-0.2, 0) is 9.59 Å². The van der Waals surface area contributed by atoms with Crippen LogP contribution in [0.5, 0.6) is 11.5 Å². The number of imide groups is 1. The summed E-state index contributed by atoms with van der Waals surface area (Å²) >= 11 is 0. The van der Waals surface area contributed by atoms with E-state index in [9.17, 15) is 14.4 Å². The van der Waals surface area contributed by atoms with Gasteiger partial charge >= 0.3 is 6.03 Å². The molecule has 0 aliphatic rings. The number of hydrogen-bond donors (Lipinski definition) is 3. The molecule has 0 saturated heterocycles. The van der Waals surface area contributed by atoms with Crippen molar-refractivity contribution in [2.45, 2.75) is 20.8 Å². The second kappa shape index (κ2) is 9.79. The Morgan fingerprint density at radius 1 is 1.00 bits per heavy atom. The number of nitrogens with zero attached hydrogens (tertiary/aromatic N) is 3. The maximum atomic E-state index is 11.9. The van der Waals surface area contributed by atoms with Crippen molar-refractivity contribution in [2.75, 3.05) is 31.3 Å². The number of urea groups is 1. The number of ether oxygens (including phenoxy) is 1. The monoisotopic (exact) mass is 414 g/mol. The number of carbonyl (C=O) groups is 3. The molecule has 0 fully saturated rings. The van der Waals surface area contributed by atoms with Crippen molar-refractivity contribution in [2.24, 2.45) is 5.41 Å². The molecule has 0 bridgehead atoms. The minimum absolute atomic E-state index is 0.190. The van der Waals surface area contributed by atoms with E-state index in [1.54, 1.807) is 58.0 Å². The highest BCUT2D eigenvalue weighted by molar-refractivity contribution is 6.02. The third kappa shape index (κ3) is 7.47. The van der Waals surface area contributed by atoms with Gasteiger partial charge in [-0.1, -0.05) is 20.8 Å². The summed E-state index contributed by atoms with van der Waals surface area (Å²) in [4.78, 5) is 45.5. The minimum atomic E-state index is -0.683. The number of anilines is 2. The molecule has 4 amide bonds. The Kier molecular flexibility index (Phi) is 7.43. The van der Waals surface area contributed by atoms with Gasteiger partial charge in [-0.15, -0.1) is 0 Å². The number of rotatable bonds is 6. The summed E-state index contributed by atoms with van der Waals surface area (Å²) < 4.78 is 5.70. The summed E-state index contributed by atoms with van der Waals surface area (Å²) in [5, 5.41) is 7.42. The van der Waals surface area contributed by atoms with Crippen LogP contribution in [0.15, 0.2) is 36.7 Å². The molecule has 0 aliphatic carbocycles.